The van der Waals surface area contributed by atoms with E-state index in [1.165, 1.54) is 11.0 Å². The lowest BCUT2D eigenvalue weighted by Crippen LogP contribution is -2.33. The number of aliphatic hydroxyl groups is 1. The van der Waals surface area contributed by atoms with Crippen LogP contribution in [0.1, 0.15) is 22.7 Å². The van der Waals surface area contributed by atoms with Crippen LogP contribution >= 0.6 is 23.2 Å². The van der Waals surface area contributed by atoms with Crippen LogP contribution in [0.3, 0.4) is 0 Å². The average molecular weight is 547 g/mol. The molecule has 192 valence electrons. The number of hydrogen-bond acceptors (Lipinski definition) is 4. The Kier molecular flexibility index (Phi) is 7.27. The first kappa shape index (κ1) is 25.6. The molecule has 4 aromatic rings. The number of aliphatic hydroxyl groups excluding tert-OH is 1. The summed E-state index contributed by atoms with van der Waals surface area (Å²) in [6.07, 6.45) is 5.36. The Hall–Kier alpha value is -4.00. The molecule has 1 aliphatic heterocycles. The number of halogens is 2. The molecule has 0 spiro atoms. The number of benzene rings is 3. The van der Waals surface area contributed by atoms with Gasteiger partial charge in [0, 0.05) is 33.7 Å². The van der Waals surface area contributed by atoms with Gasteiger partial charge in [0.05, 0.1) is 18.7 Å². The molecule has 1 atom stereocenters. The van der Waals surface area contributed by atoms with Gasteiger partial charge in [-0.1, -0.05) is 65.7 Å². The van der Waals surface area contributed by atoms with Gasteiger partial charge in [0.25, 0.3) is 5.91 Å². The van der Waals surface area contributed by atoms with E-state index in [1.54, 1.807) is 31.4 Å². The zero-order chi connectivity index (χ0) is 26.8. The molecule has 8 heteroatoms. The van der Waals surface area contributed by atoms with Gasteiger partial charge in [0.2, 0.25) is 0 Å². The molecule has 0 fully saturated rings. The van der Waals surface area contributed by atoms with Crippen molar-refractivity contribution in [3.8, 4) is 5.75 Å². The number of carbonyl (C=O) groups is 2. The number of hydrogen-bond donors (Lipinski definition) is 2. The maximum Gasteiger partial charge on any atom is 0.290 e. The second kappa shape index (κ2) is 10.8. The van der Waals surface area contributed by atoms with Gasteiger partial charge in [0.1, 0.15) is 5.75 Å². The fraction of sp³-hybridized carbons (Fsp3) is 0.133. The summed E-state index contributed by atoms with van der Waals surface area (Å²) in [5.74, 6) is -0.965. The smallest absolute Gasteiger partial charge is 0.290 e. The molecule has 5 rings (SSSR count). The van der Waals surface area contributed by atoms with Gasteiger partial charge in [-0.15, -0.1) is 0 Å². The Morgan fingerprint density at radius 1 is 1.11 bits per heavy atom. The number of nitrogens with one attached hydrogen (secondary N) is 1. The van der Waals surface area contributed by atoms with Crippen LogP contribution in [0.5, 0.6) is 5.75 Å². The second-order valence-corrected chi connectivity index (χ2v) is 9.76. The maximum atomic E-state index is 13.4. The van der Waals surface area contributed by atoms with Crippen molar-refractivity contribution in [3.05, 3.63) is 117 Å². The third-order valence-corrected chi connectivity index (χ3v) is 7.21. The Labute approximate surface area is 229 Å². The molecule has 1 aliphatic rings. The van der Waals surface area contributed by atoms with Crippen LogP contribution in [0, 0.1) is 0 Å². The molecule has 0 radical (unpaired) electrons. The highest BCUT2D eigenvalue weighted by atomic mass is 35.5. The van der Waals surface area contributed by atoms with Crippen molar-refractivity contribution in [3.63, 3.8) is 0 Å². The summed E-state index contributed by atoms with van der Waals surface area (Å²) in [5.41, 5.74) is 3.21. The number of ether oxygens (including phenoxy) is 1. The highest BCUT2D eigenvalue weighted by molar-refractivity contribution is 6.35. The summed E-state index contributed by atoms with van der Waals surface area (Å²) in [6, 6.07) is 19.0. The summed E-state index contributed by atoms with van der Waals surface area (Å²) >= 11 is 12.7. The lowest BCUT2D eigenvalue weighted by atomic mass is 9.95. The molecule has 38 heavy (non-hydrogen) atoms. The topological polar surface area (TPSA) is 82.6 Å². The number of rotatable bonds is 8. The van der Waals surface area contributed by atoms with Crippen molar-refractivity contribution in [1.82, 2.24) is 9.88 Å². The first-order valence-corrected chi connectivity index (χ1v) is 12.7. The third-order valence-electron chi connectivity index (χ3n) is 6.65. The Morgan fingerprint density at radius 3 is 2.63 bits per heavy atom. The van der Waals surface area contributed by atoms with E-state index in [-0.39, 0.29) is 12.1 Å². The minimum Gasteiger partial charge on any atom is -0.503 e. The summed E-state index contributed by atoms with van der Waals surface area (Å²) < 4.78 is 5.36. The Morgan fingerprint density at radius 2 is 1.89 bits per heavy atom. The molecule has 2 heterocycles. The molecular formula is C30H24Cl2N2O4. The van der Waals surface area contributed by atoms with Crippen LogP contribution in [-0.2, 0) is 16.0 Å². The van der Waals surface area contributed by atoms with Gasteiger partial charge in [-0.2, -0.15) is 0 Å². The molecule has 0 aliphatic carbocycles. The predicted molar refractivity (Wildman–Crippen MR) is 150 cm³/mol. The zero-order valence-electron chi connectivity index (χ0n) is 20.4. The number of amides is 1. The lowest BCUT2D eigenvalue weighted by molar-refractivity contribution is -0.129. The number of methoxy groups -OCH3 is 1. The van der Waals surface area contributed by atoms with Gasteiger partial charge < -0.3 is 19.7 Å². The van der Waals surface area contributed by atoms with Gasteiger partial charge in [-0.25, -0.2) is 0 Å². The molecule has 0 bridgehead atoms. The second-order valence-electron chi connectivity index (χ2n) is 8.91. The minimum atomic E-state index is -0.875. The molecular weight excluding hydrogens is 523 g/mol. The highest BCUT2D eigenvalue weighted by Gasteiger charge is 2.43. The summed E-state index contributed by atoms with van der Waals surface area (Å²) in [4.78, 5) is 31.4. The quantitative estimate of drug-likeness (QED) is 0.241. The van der Waals surface area contributed by atoms with Crippen molar-refractivity contribution in [2.24, 2.45) is 0 Å². The fourth-order valence-corrected chi connectivity index (χ4v) is 5.25. The number of carbonyl (C=O) groups excluding carboxylic acids is 2. The first-order chi connectivity index (χ1) is 18.4. The van der Waals surface area contributed by atoms with E-state index in [1.807, 2.05) is 54.7 Å². The number of ketones is 1. The number of fused-ring (bicyclic) bond motifs is 1. The Bertz CT molecular complexity index is 1590. The van der Waals surface area contributed by atoms with Crippen LogP contribution < -0.4 is 4.74 Å². The van der Waals surface area contributed by atoms with E-state index in [0.717, 1.165) is 27.8 Å². The SMILES string of the molecule is COc1ccc2[nH]cc(CCN3C(=O)C(O)=C(C(=O)/C=C/c4ccccc4)[C@@H]3c3ccc(Cl)cc3Cl)c2c1. The van der Waals surface area contributed by atoms with Crippen molar-refractivity contribution in [1.29, 1.82) is 0 Å². The molecule has 6 nitrogen and oxygen atoms in total. The van der Waals surface area contributed by atoms with Crippen LogP contribution in [0.2, 0.25) is 10.0 Å². The molecule has 1 aromatic heterocycles. The molecule has 0 saturated carbocycles. The number of H-pyrrole nitrogens is 1. The van der Waals surface area contributed by atoms with Gasteiger partial charge >= 0.3 is 0 Å². The van der Waals surface area contributed by atoms with E-state index in [0.29, 0.717) is 22.0 Å². The number of allylic oxidation sites excluding steroid dienone is 1. The van der Waals surface area contributed by atoms with Crippen LogP contribution in [0.4, 0.5) is 0 Å². The fourth-order valence-electron chi connectivity index (χ4n) is 4.74. The predicted octanol–water partition coefficient (Wildman–Crippen LogP) is 6.70. The summed E-state index contributed by atoms with van der Waals surface area (Å²) in [7, 11) is 1.61. The number of nitrogens with zero attached hydrogens (tertiary/aromatic N) is 1. The van der Waals surface area contributed by atoms with Gasteiger partial charge in [-0.3, -0.25) is 9.59 Å². The Balaban J connectivity index is 1.49. The van der Waals surface area contributed by atoms with Crippen LogP contribution in [0.15, 0.2) is 90.3 Å². The third kappa shape index (κ3) is 4.93. The summed E-state index contributed by atoms with van der Waals surface area (Å²) in [6.45, 7) is 0.232. The van der Waals surface area contributed by atoms with E-state index < -0.39 is 23.5 Å². The van der Waals surface area contributed by atoms with Gasteiger partial charge in [0.15, 0.2) is 11.5 Å². The van der Waals surface area contributed by atoms with E-state index in [2.05, 4.69) is 4.98 Å². The minimum absolute atomic E-state index is 0.0213. The normalized spacial score (nSPS) is 15.7. The zero-order valence-corrected chi connectivity index (χ0v) is 22.0. The molecule has 0 saturated heterocycles. The molecule has 0 unspecified atom stereocenters. The summed E-state index contributed by atoms with van der Waals surface area (Å²) in [5, 5.41) is 12.6. The first-order valence-electron chi connectivity index (χ1n) is 12.0. The van der Waals surface area contributed by atoms with Crippen LogP contribution in [0.25, 0.3) is 17.0 Å². The van der Waals surface area contributed by atoms with Crippen molar-refractivity contribution < 1.29 is 19.4 Å². The van der Waals surface area contributed by atoms with Gasteiger partial charge in [-0.05, 0) is 59.5 Å². The van der Waals surface area contributed by atoms with E-state index in [4.69, 9.17) is 27.9 Å². The maximum absolute atomic E-state index is 13.4. The average Bonchev–Trinajstić information content (AvgIpc) is 3.44. The van der Waals surface area contributed by atoms with Crippen LogP contribution in [-0.4, -0.2) is 40.3 Å². The molecule has 2 N–H and O–H groups in total. The largest absolute Gasteiger partial charge is 0.503 e. The number of aromatic nitrogens is 1. The number of aromatic amines is 1. The lowest BCUT2D eigenvalue weighted by Gasteiger charge is -2.27. The van der Waals surface area contributed by atoms with Crippen molar-refractivity contribution in [2.45, 2.75) is 12.5 Å². The highest BCUT2D eigenvalue weighted by Crippen LogP contribution is 2.41. The standard InChI is InChI=1S/C30H24Cl2N2O4/c1-38-21-9-11-25-23(16-21)19(17-33-25)13-14-34-28(22-10-8-20(31)15-24(22)32)27(29(36)30(34)37)26(35)12-7-18-5-3-2-4-6-18/h2-12,15-17,28,33,36H,13-14H2,1H3/b12-7+/t28-/m0/s1. The van der Waals surface area contributed by atoms with E-state index in [9.17, 15) is 14.7 Å². The molecule has 3 aromatic carbocycles. The molecule has 1 amide bonds. The van der Waals surface area contributed by atoms with E-state index >= 15 is 0 Å². The van der Waals surface area contributed by atoms with Crippen molar-refractivity contribution in [2.75, 3.05) is 13.7 Å². The van der Waals surface area contributed by atoms with Crippen molar-refractivity contribution >= 4 is 51.9 Å². The monoisotopic (exact) mass is 546 g/mol.